The fraction of sp³-hybridized carbons (Fsp3) is 0.400. The van der Waals surface area contributed by atoms with Crippen molar-refractivity contribution in [2.24, 2.45) is 0 Å². The van der Waals surface area contributed by atoms with Crippen LogP contribution in [-0.2, 0) is 6.42 Å². The smallest absolute Gasteiger partial charge is 0.0992 e. The first-order valence-electron chi connectivity index (χ1n) is 8.61. The van der Waals surface area contributed by atoms with E-state index < -0.39 is 0 Å². The van der Waals surface area contributed by atoms with Crippen molar-refractivity contribution < 1.29 is 0 Å². The molecular weight excluding hydrogens is 296 g/mol. The Morgan fingerprint density at radius 1 is 1.08 bits per heavy atom. The second kappa shape index (κ2) is 8.05. The van der Waals surface area contributed by atoms with Crippen LogP contribution >= 0.6 is 0 Å². The van der Waals surface area contributed by atoms with Gasteiger partial charge in [-0.25, -0.2) is 0 Å². The van der Waals surface area contributed by atoms with E-state index in [0.29, 0.717) is 5.56 Å². The Morgan fingerprint density at radius 2 is 1.83 bits per heavy atom. The molecule has 2 heterocycles. The van der Waals surface area contributed by atoms with Crippen LogP contribution in [-0.4, -0.2) is 54.6 Å². The number of likely N-dealkylation sites (N-methyl/N-ethyl adjacent to an activating group) is 1. The molecule has 1 aliphatic heterocycles. The summed E-state index contributed by atoms with van der Waals surface area (Å²) in [5.41, 5.74) is 3.94. The molecule has 0 bridgehead atoms. The van der Waals surface area contributed by atoms with E-state index in [0.717, 1.165) is 17.7 Å². The second-order valence-corrected chi connectivity index (χ2v) is 6.49. The maximum atomic E-state index is 8.99. The number of benzene rings is 1. The van der Waals surface area contributed by atoms with Crippen LogP contribution in [0.15, 0.2) is 42.6 Å². The van der Waals surface area contributed by atoms with Gasteiger partial charge in [-0.1, -0.05) is 24.3 Å². The summed E-state index contributed by atoms with van der Waals surface area (Å²) in [5.74, 6) is 0. The number of hydrogen-bond acceptors (Lipinski definition) is 4. The summed E-state index contributed by atoms with van der Waals surface area (Å²) < 4.78 is 0. The van der Waals surface area contributed by atoms with Crippen molar-refractivity contribution >= 4 is 0 Å². The molecular formula is C20H24N4. The standard InChI is InChI=1S/C20H24N4/c1-23-11-13-24(14-12-23)10-2-3-17-4-6-19(7-5-17)20-15-18(16-21)8-9-22-20/h4-9,15H,2-3,10-14H2,1H3. The Kier molecular flexibility index (Phi) is 5.58. The fourth-order valence-electron chi connectivity index (χ4n) is 3.08. The van der Waals surface area contributed by atoms with Crippen LogP contribution in [0.2, 0.25) is 0 Å². The number of aromatic nitrogens is 1. The third-order valence-corrected chi connectivity index (χ3v) is 4.67. The molecule has 0 N–H and O–H groups in total. The number of aryl methyl sites for hydroxylation is 1. The van der Waals surface area contributed by atoms with Gasteiger partial charge >= 0.3 is 0 Å². The van der Waals surface area contributed by atoms with Crippen molar-refractivity contribution in [1.29, 1.82) is 5.26 Å². The summed E-state index contributed by atoms with van der Waals surface area (Å²) in [7, 11) is 2.19. The van der Waals surface area contributed by atoms with E-state index in [9.17, 15) is 0 Å². The molecule has 24 heavy (non-hydrogen) atoms. The lowest BCUT2D eigenvalue weighted by Crippen LogP contribution is -2.44. The fourth-order valence-corrected chi connectivity index (χ4v) is 3.08. The summed E-state index contributed by atoms with van der Waals surface area (Å²) in [6, 6.07) is 14.3. The van der Waals surface area contributed by atoms with Crippen molar-refractivity contribution in [3.05, 3.63) is 53.7 Å². The Bertz CT molecular complexity index is 694. The van der Waals surface area contributed by atoms with Gasteiger partial charge in [0.2, 0.25) is 0 Å². The van der Waals surface area contributed by atoms with Crippen LogP contribution in [0.1, 0.15) is 17.5 Å². The molecule has 0 saturated carbocycles. The molecule has 124 valence electrons. The molecule has 0 unspecified atom stereocenters. The van der Waals surface area contributed by atoms with E-state index in [4.69, 9.17) is 5.26 Å². The van der Waals surface area contributed by atoms with Gasteiger partial charge in [-0.3, -0.25) is 4.98 Å². The van der Waals surface area contributed by atoms with Gasteiger partial charge in [0.05, 0.1) is 17.3 Å². The summed E-state index contributed by atoms with van der Waals surface area (Å²) in [4.78, 5) is 9.31. The first kappa shape index (κ1) is 16.6. The van der Waals surface area contributed by atoms with Crippen LogP contribution < -0.4 is 0 Å². The molecule has 0 amide bonds. The van der Waals surface area contributed by atoms with E-state index in [-0.39, 0.29) is 0 Å². The molecule has 0 atom stereocenters. The highest BCUT2D eigenvalue weighted by Gasteiger charge is 2.12. The highest BCUT2D eigenvalue weighted by atomic mass is 15.2. The summed E-state index contributed by atoms with van der Waals surface area (Å²) in [5, 5.41) is 8.99. The van der Waals surface area contributed by atoms with E-state index in [2.05, 4.69) is 52.2 Å². The lowest BCUT2D eigenvalue weighted by Gasteiger charge is -2.32. The van der Waals surface area contributed by atoms with Crippen molar-refractivity contribution in [2.75, 3.05) is 39.8 Å². The van der Waals surface area contributed by atoms with Crippen molar-refractivity contribution in [1.82, 2.24) is 14.8 Å². The molecule has 1 saturated heterocycles. The molecule has 0 radical (unpaired) electrons. The second-order valence-electron chi connectivity index (χ2n) is 6.49. The quantitative estimate of drug-likeness (QED) is 0.850. The molecule has 4 nitrogen and oxygen atoms in total. The summed E-state index contributed by atoms with van der Waals surface area (Å²) >= 11 is 0. The minimum Gasteiger partial charge on any atom is -0.304 e. The van der Waals surface area contributed by atoms with Crippen LogP contribution in [0.5, 0.6) is 0 Å². The third-order valence-electron chi connectivity index (χ3n) is 4.67. The Morgan fingerprint density at radius 3 is 2.54 bits per heavy atom. The van der Waals surface area contributed by atoms with Crippen molar-refractivity contribution in [2.45, 2.75) is 12.8 Å². The van der Waals surface area contributed by atoms with Gasteiger partial charge in [0.15, 0.2) is 0 Å². The van der Waals surface area contributed by atoms with Gasteiger partial charge in [0, 0.05) is 37.9 Å². The minimum atomic E-state index is 0.649. The largest absolute Gasteiger partial charge is 0.304 e. The van der Waals surface area contributed by atoms with Gasteiger partial charge in [-0.2, -0.15) is 5.26 Å². The number of piperazine rings is 1. The highest BCUT2D eigenvalue weighted by Crippen LogP contribution is 2.19. The highest BCUT2D eigenvalue weighted by molar-refractivity contribution is 5.61. The number of hydrogen-bond donors (Lipinski definition) is 0. The summed E-state index contributed by atoms with van der Waals surface area (Å²) in [6.07, 6.45) is 4.00. The lowest BCUT2D eigenvalue weighted by molar-refractivity contribution is 0.153. The van der Waals surface area contributed by atoms with Crippen LogP contribution in [0.3, 0.4) is 0 Å². The van der Waals surface area contributed by atoms with E-state index in [1.807, 2.05) is 6.07 Å². The zero-order chi connectivity index (χ0) is 16.8. The first-order chi connectivity index (χ1) is 11.7. The molecule has 3 rings (SSSR count). The van der Waals surface area contributed by atoms with Crippen LogP contribution in [0.4, 0.5) is 0 Å². The molecule has 4 heteroatoms. The first-order valence-corrected chi connectivity index (χ1v) is 8.61. The van der Waals surface area contributed by atoms with Gasteiger partial charge in [0.1, 0.15) is 0 Å². The third kappa shape index (κ3) is 4.41. The van der Waals surface area contributed by atoms with E-state index in [1.165, 1.54) is 44.7 Å². The maximum absolute atomic E-state index is 8.99. The zero-order valence-corrected chi connectivity index (χ0v) is 14.3. The van der Waals surface area contributed by atoms with Crippen LogP contribution in [0, 0.1) is 11.3 Å². The topological polar surface area (TPSA) is 43.2 Å². The van der Waals surface area contributed by atoms with Gasteiger partial charge in [0.25, 0.3) is 0 Å². The predicted octanol–water partition coefficient (Wildman–Crippen LogP) is 2.80. The molecule has 1 aliphatic rings. The average molecular weight is 320 g/mol. The molecule has 0 spiro atoms. The predicted molar refractivity (Wildman–Crippen MR) is 96.6 cm³/mol. The van der Waals surface area contributed by atoms with E-state index >= 15 is 0 Å². The van der Waals surface area contributed by atoms with Crippen LogP contribution in [0.25, 0.3) is 11.3 Å². The number of pyridine rings is 1. The van der Waals surface area contributed by atoms with Gasteiger partial charge in [-0.05, 0) is 44.1 Å². The van der Waals surface area contributed by atoms with E-state index in [1.54, 1.807) is 12.3 Å². The van der Waals surface area contributed by atoms with Crippen molar-refractivity contribution in [3.63, 3.8) is 0 Å². The minimum absolute atomic E-state index is 0.649. The Hall–Kier alpha value is -2.22. The number of nitrogens with zero attached hydrogens (tertiary/aromatic N) is 4. The molecule has 1 aromatic heterocycles. The molecule has 2 aromatic rings. The SMILES string of the molecule is CN1CCN(CCCc2ccc(-c3cc(C#N)ccn3)cc2)CC1. The van der Waals surface area contributed by atoms with Gasteiger partial charge < -0.3 is 9.80 Å². The number of nitriles is 1. The lowest BCUT2D eigenvalue weighted by atomic mass is 10.0. The normalized spacial score (nSPS) is 16.0. The average Bonchev–Trinajstić information content (AvgIpc) is 2.64. The van der Waals surface area contributed by atoms with Gasteiger partial charge in [-0.15, -0.1) is 0 Å². The zero-order valence-electron chi connectivity index (χ0n) is 14.3. The molecule has 1 fully saturated rings. The molecule has 0 aliphatic carbocycles. The Balaban J connectivity index is 1.52. The maximum Gasteiger partial charge on any atom is 0.0992 e. The van der Waals surface area contributed by atoms with Crippen molar-refractivity contribution in [3.8, 4) is 17.3 Å². The number of rotatable bonds is 5. The Labute approximate surface area is 144 Å². The monoisotopic (exact) mass is 320 g/mol. The summed E-state index contributed by atoms with van der Waals surface area (Å²) in [6.45, 7) is 5.93. The molecule has 1 aromatic carbocycles.